The third-order valence-electron chi connectivity index (χ3n) is 1.30. The minimum absolute atomic E-state index is 0.0667. The Kier molecular flexibility index (Phi) is 2.90. The highest BCUT2D eigenvalue weighted by Gasteiger charge is 2.03. The molecule has 0 aliphatic carbocycles. The Labute approximate surface area is 82.7 Å². The number of carboxylic acid groups (broad SMARTS) is 1. The van der Waals surface area contributed by atoms with Crippen molar-refractivity contribution in [1.29, 1.82) is 0 Å². The number of carbonyl (C=O) groups is 1. The lowest BCUT2D eigenvalue weighted by Crippen LogP contribution is -2.05. The predicted octanol–water partition coefficient (Wildman–Crippen LogP) is 0.545. The highest BCUT2D eigenvalue weighted by molar-refractivity contribution is 14.1. The first-order valence-corrected chi connectivity index (χ1v) is 4.37. The topological polar surface area (TPSA) is 81.1 Å². The van der Waals surface area contributed by atoms with E-state index in [2.05, 4.69) is 5.10 Å². The molecule has 3 N–H and O–H groups in total. The van der Waals surface area contributed by atoms with E-state index in [1.54, 1.807) is 6.20 Å². The van der Waals surface area contributed by atoms with Gasteiger partial charge in [-0.3, -0.25) is 9.48 Å². The van der Waals surface area contributed by atoms with Crippen molar-refractivity contribution >= 4 is 34.4 Å². The second kappa shape index (κ2) is 3.74. The fourth-order valence-corrected chi connectivity index (χ4v) is 1.17. The minimum atomic E-state index is -0.834. The van der Waals surface area contributed by atoms with Crippen LogP contribution in [0.5, 0.6) is 0 Å². The minimum Gasteiger partial charge on any atom is -0.481 e. The molecule has 0 aromatic carbocycles. The number of rotatable bonds is 3. The molecule has 1 aromatic heterocycles. The molecule has 1 aromatic rings. The Hall–Kier alpha value is -0.790. The lowest BCUT2D eigenvalue weighted by molar-refractivity contribution is -0.137. The summed E-state index contributed by atoms with van der Waals surface area (Å²) < 4.78 is 2.38. The molecule has 12 heavy (non-hydrogen) atoms. The number of carboxylic acids is 1. The predicted molar refractivity (Wildman–Crippen MR) is 51.6 cm³/mol. The Bertz CT molecular complexity index is 277. The quantitative estimate of drug-likeness (QED) is 0.792. The maximum Gasteiger partial charge on any atom is 0.305 e. The van der Waals surface area contributed by atoms with Crippen LogP contribution in [0.25, 0.3) is 0 Å². The Balaban J connectivity index is 2.58. The summed E-state index contributed by atoms with van der Waals surface area (Å²) in [5.74, 6) is -0.389. The monoisotopic (exact) mass is 281 g/mol. The van der Waals surface area contributed by atoms with Gasteiger partial charge in [-0.1, -0.05) is 0 Å². The average molecular weight is 281 g/mol. The van der Waals surface area contributed by atoms with E-state index in [1.807, 2.05) is 22.6 Å². The van der Waals surface area contributed by atoms with Gasteiger partial charge in [0, 0.05) is 6.20 Å². The van der Waals surface area contributed by atoms with Gasteiger partial charge in [0.2, 0.25) is 0 Å². The second-order valence-electron chi connectivity index (χ2n) is 2.27. The lowest BCUT2D eigenvalue weighted by Gasteiger charge is -1.95. The van der Waals surface area contributed by atoms with E-state index in [9.17, 15) is 4.79 Å². The molecule has 66 valence electrons. The largest absolute Gasteiger partial charge is 0.481 e. The number of nitrogen functional groups attached to an aromatic ring is 1. The van der Waals surface area contributed by atoms with Gasteiger partial charge in [0.15, 0.2) is 5.82 Å². The van der Waals surface area contributed by atoms with E-state index in [0.29, 0.717) is 12.4 Å². The van der Waals surface area contributed by atoms with Gasteiger partial charge < -0.3 is 10.8 Å². The van der Waals surface area contributed by atoms with Gasteiger partial charge in [-0.2, -0.15) is 5.10 Å². The number of nitrogens with two attached hydrogens (primary N) is 1. The van der Waals surface area contributed by atoms with Crippen molar-refractivity contribution in [3.63, 3.8) is 0 Å². The summed E-state index contributed by atoms with van der Waals surface area (Å²) >= 11 is 2.05. The van der Waals surface area contributed by atoms with E-state index in [-0.39, 0.29) is 6.42 Å². The summed E-state index contributed by atoms with van der Waals surface area (Å²) in [7, 11) is 0. The first kappa shape index (κ1) is 9.30. The molecular weight excluding hydrogens is 273 g/mol. The van der Waals surface area contributed by atoms with Crippen LogP contribution >= 0.6 is 22.6 Å². The second-order valence-corrected chi connectivity index (χ2v) is 3.43. The van der Waals surface area contributed by atoms with Crippen molar-refractivity contribution in [2.45, 2.75) is 13.0 Å². The summed E-state index contributed by atoms with van der Waals surface area (Å²) in [6, 6.07) is 0. The molecule has 0 spiro atoms. The van der Waals surface area contributed by atoms with Crippen molar-refractivity contribution in [3.8, 4) is 0 Å². The number of anilines is 1. The average Bonchev–Trinajstić information content (AvgIpc) is 2.28. The third kappa shape index (κ3) is 2.36. The molecule has 5 nitrogen and oxygen atoms in total. The van der Waals surface area contributed by atoms with Crippen LogP contribution < -0.4 is 5.73 Å². The number of halogens is 1. The molecule has 1 rings (SSSR count). The molecule has 0 amide bonds. The zero-order valence-corrected chi connectivity index (χ0v) is 8.35. The lowest BCUT2D eigenvalue weighted by atomic mass is 10.4. The number of aryl methyl sites for hydroxylation is 1. The first-order chi connectivity index (χ1) is 5.59. The van der Waals surface area contributed by atoms with Crippen LogP contribution in [0.1, 0.15) is 6.42 Å². The van der Waals surface area contributed by atoms with E-state index in [4.69, 9.17) is 10.8 Å². The van der Waals surface area contributed by atoms with Crippen LogP contribution in [0.15, 0.2) is 6.20 Å². The molecule has 1 heterocycles. The van der Waals surface area contributed by atoms with Crippen LogP contribution in [-0.4, -0.2) is 20.9 Å². The number of hydrogen-bond acceptors (Lipinski definition) is 3. The highest BCUT2D eigenvalue weighted by Crippen LogP contribution is 2.11. The Morgan fingerprint density at radius 1 is 1.83 bits per heavy atom. The summed E-state index contributed by atoms with van der Waals surface area (Å²) in [5, 5.41) is 12.3. The standard InChI is InChI=1S/C6H8IN3O2/c7-4-3-10(9-6(4)8)2-1-5(11)12/h3H,1-2H2,(H2,8,9)(H,11,12). The van der Waals surface area contributed by atoms with Crippen LogP contribution in [0, 0.1) is 3.57 Å². The van der Waals surface area contributed by atoms with E-state index in [0.717, 1.165) is 3.57 Å². The van der Waals surface area contributed by atoms with Crippen molar-refractivity contribution in [2.24, 2.45) is 0 Å². The summed E-state index contributed by atoms with van der Waals surface area (Å²) in [6.45, 7) is 0.364. The molecule has 0 saturated heterocycles. The molecule has 0 saturated carbocycles. The van der Waals surface area contributed by atoms with Crippen molar-refractivity contribution in [1.82, 2.24) is 9.78 Å². The van der Waals surface area contributed by atoms with Gasteiger partial charge in [-0.05, 0) is 22.6 Å². The Morgan fingerprint density at radius 3 is 2.92 bits per heavy atom. The van der Waals surface area contributed by atoms with Crippen molar-refractivity contribution < 1.29 is 9.90 Å². The number of aromatic nitrogens is 2. The summed E-state index contributed by atoms with van der Waals surface area (Å²) in [6.07, 6.45) is 1.79. The molecule has 6 heteroatoms. The van der Waals surface area contributed by atoms with Gasteiger partial charge >= 0.3 is 5.97 Å². The van der Waals surface area contributed by atoms with Gasteiger partial charge in [0.05, 0.1) is 16.5 Å². The van der Waals surface area contributed by atoms with Gasteiger partial charge in [0.25, 0.3) is 0 Å². The SMILES string of the molecule is Nc1nn(CCC(=O)O)cc1I. The molecule has 0 bridgehead atoms. The maximum absolute atomic E-state index is 10.2. The van der Waals surface area contributed by atoms with Gasteiger partial charge in [0.1, 0.15) is 0 Å². The number of hydrogen-bond donors (Lipinski definition) is 2. The maximum atomic E-state index is 10.2. The van der Waals surface area contributed by atoms with Crippen LogP contribution in [0.3, 0.4) is 0 Å². The van der Waals surface area contributed by atoms with Crippen LogP contribution in [0.4, 0.5) is 5.82 Å². The van der Waals surface area contributed by atoms with Gasteiger partial charge in [-0.25, -0.2) is 0 Å². The zero-order valence-electron chi connectivity index (χ0n) is 6.20. The smallest absolute Gasteiger partial charge is 0.305 e. The molecule has 0 radical (unpaired) electrons. The molecule has 0 aliphatic heterocycles. The Morgan fingerprint density at radius 2 is 2.50 bits per heavy atom. The van der Waals surface area contributed by atoms with E-state index in [1.165, 1.54) is 4.68 Å². The van der Waals surface area contributed by atoms with Crippen molar-refractivity contribution in [3.05, 3.63) is 9.77 Å². The highest BCUT2D eigenvalue weighted by atomic mass is 127. The van der Waals surface area contributed by atoms with Crippen molar-refractivity contribution in [2.75, 3.05) is 5.73 Å². The summed E-state index contributed by atoms with van der Waals surface area (Å²) in [5.41, 5.74) is 5.46. The summed E-state index contributed by atoms with van der Waals surface area (Å²) in [4.78, 5) is 10.2. The first-order valence-electron chi connectivity index (χ1n) is 3.30. The molecular formula is C6H8IN3O2. The molecule has 0 fully saturated rings. The number of nitrogens with zero attached hydrogens (tertiary/aromatic N) is 2. The number of aliphatic carboxylic acids is 1. The fraction of sp³-hybridized carbons (Fsp3) is 0.333. The third-order valence-corrected chi connectivity index (χ3v) is 2.13. The fourth-order valence-electron chi connectivity index (χ4n) is 0.737. The molecule has 0 aliphatic rings. The van der Waals surface area contributed by atoms with Gasteiger partial charge in [-0.15, -0.1) is 0 Å². The molecule has 0 atom stereocenters. The van der Waals surface area contributed by atoms with Crippen LogP contribution in [-0.2, 0) is 11.3 Å². The van der Waals surface area contributed by atoms with Crippen LogP contribution in [0.2, 0.25) is 0 Å². The molecule has 0 unspecified atom stereocenters. The normalized spacial score (nSPS) is 10.1. The van der Waals surface area contributed by atoms with E-state index < -0.39 is 5.97 Å². The van der Waals surface area contributed by atoms with E-state index >= 15 is 0 Å². The zero-order chi connectivity index (χ0) is 9.14.